The van der Waals surface area contributed by atoms with Gasteiger partial charge in [-0.05, 0) is 18.8 Å². The Labute approximate surface area is 147 Å². The predicted octanol–water partition coefficient (Wildman–Crippen LogP) is 1.98. The van der Waals surface area contributed by atoms with Crippen LogP contribution < -0.4 is 4.90 Å². The summed E-state index contributed by atoms with van der Waals surface area (Å²) < 4.78 is 40.6. The number of halogens is 3. The molecule has 0 unspecified atom stereocenters. The molecular formula is C16H19F3N6O. The highest BCUT2D eigenvalue weighted by Gasteiger charge is 2.36. The van der Waals surface area contributed by atoms with Crippen LogP contribution in [0.2, 0.25) is 0 Å². The first-order chi connectivity index (χ1) is 12.4. The number of carbonyl (C=O) groups excluding carboxylic acids is 1. The van der Waals surface area contributed by atoms with Gasteiger partial charge in [0.15, 0.2) is 5.69 Å². The van der Waals surface area contributed by atoms with Crippen LogP contribution >= 0.6 is 0 Å². The molecule has 1 aliphatic heterocycles. The van der Waals surface area contributed by atoms with Gasteiger partial charge in [0.25, 0.3) is 5.78 Å². The summed E-state index contributed by atoms with van der Waals surface area (Å²) >= 11 is 0. The number of alkyl halides is 3. The largest absolute Gasteiger partial charge is 0.433 e. The maximum Gasteiger partial charge on any atom is 0.433 e. The Hall–Kier alpha value is -2.39. The number of aromatic nitrogens is 4. The molecule has 7 nitrogen and oxygen atoms in total. The van der Waals surface area contributed by atoms with Crippen LogP contribution in [0.4, 0.5) is 19.0 Å². The van der Waals surface area contributed by atoms with Gasteiger partial charge in [0.2, 0.25) is 5.91 Å². The molecule has 1 saturated carbocycles. The molecule has 0 aromatic carbocycles. The molecule has 1 saturated heterocycles. The van der Waals surface area contributed by atoms with Crippen molar-refractivity contribution < 1.29 is 18.0 Å². The molecule has 2 fully saturated rings. The molecule has 1 aliphatic carbocycles. The molecular weight excluding hydrogens is 349 g/mol. The third kappa shape index (κ3) is 3.19. The highest BCUT2D eigenvalue weighted by molar-refractivity contribution is 5.82. The van der Waals surface area contributed by atoms with Crippen molar-refractivity contribution in [3.05, 3.63) is 18.1 Å². The molecule has 4 rings (SSSR count). The minimum atomic E-state index is -4.59. The van der Waals surface area contributed by atoms with Crippen LogP contribution in [0.25, 0.3) is 5.78 Å². The van der Waals surface area contributed by atoms with Crippen molar-refractivity contribution in [3.8, 4) is 0 Å². The van der Waals surface area contributed by atoms with Gasteiger partial charge in [-0.3, -0.25) is 4.79 Å². The first-order valence-corrected chi connectivity index (χ1v) is 8.72. The van der Waals surface area contributed by atoms with Crippen molar-refractivity contribution in [1.82, 2.24) is 24.5 Å². The van der Waals surface area contributed by atoms with E-state index in [0.717, 1.165) is 31.8 Å². The van der Waals surface area contributed by atoms with Crippen molar-refractivity contribution in [2.75, 3.05) is 31.1 Å². The van der Waals surface area contributed by atoms with E-state index in [-0.39, 0.29) is 24.0 Å². The lowest BCUT2D eigenvalue weighted by Gasteiger charge is -2.36. The number of anilines is 1. The molecule has 0 N–H and O–H groups in total. The van der Waals surface area contributed by atoms with Crippen molar-refractivity contribution >= 4 is 17.5 Å². The Balaban J connectivity index is 1.56. The highest BCUT2D eigenvalue weighted by atomic mass is 19.4. The van der Waals surface area contributed by atoms with Gasteiger partial charge < -0.3 is 9.80 Å². The molecule has 1 amide bonds. The minimum absolute atomic E-state index is 0.0307. The monoisotopic (exact) mass is 368 g/mol. The van der Waals surface area contributed by atoms with Gasteiger partial charge in [0.05, 0.1) is 6.54 Å². The Morgan fingerprint density at radius 1 is 1.19 bits per heavy atom. The average molecular weight is 368 g/mol. The molecule has 3 heterocycles. The van der Waals surface area contributed by atoms with Gasteiger partial charge in [0, 0.05) is 25.7 Å². The Morgan fingerprint density at radius 2 is 1.96 bits per heavy atom. The zero-order valence-electron chi connectivity index (χ0n) is 14.1. The number of rotatable bonds is 3. The van der Waals surface area contributed by atoms with Gasteiger partial charge in [-0.15, -0.1) is 0 Å². The van der Waals surface area contributed by atoms with Crippen LogP contribution in [0.1, 0.15) is 31.4 Å². The quantitative estimate of drug-likeness (QED) is 0.829. The summed E-state index contributed by atoms with van der Waals surface area (Å²) in [6.07, 6.45) is 1.28. The average Bonchev–Trinajstić information content (AvgIpc) is 3.26. The second kappa shape index (κ2) is 6.40. The fourth-order valence-electron chi connectivity index (χ4n) is 3.77. The van der Waals surface area contributed by atoms with E-state index in [1.165, 1.54) is 17.4 Å². The van der Waals surface area contributed by atoms with Crippen LogP contribution in [0.5, 0.6) is 0 Å². The number of piperazine rings is 1. The van der Waals surface area contributed by atoms with Gasteiger partial charge in [-0.1, -0.05) is 12.8 Å². The SMILES string of the molecule is O=C1CN(c2cc(C(F)(F)F)nc3ncnn23)CCN1CC1CCCC1. The highest BCUT2D eigenvalue weighted by Crippen LogP contribution is 2.31. The molecule has 2 aromatic heterocycles. The Bertz CT molecular complexity index is 814. The molecule has 10 heteroatoms. The van der Waals surface area contributed by atoms with Gasteiger partial charge in [-0.25, -0.2) is 4.98 Å². The fourth-order valence-corrected chi connectivity index (χ4v) is 3.77. The lowest BCUT2D eigenvalue weighted by molar-refractivity contribution is -0.141. The van der Waals surface area contributed by atoms with Gasteiger partial charge >= 0.3 is 6.18 Å². The van der Waals surface area contributed by atoms with Crippen LogP contribution in [0.15, 0.2) is 12.4 Å². The van der Waals surface area contributed by atoms with Crippen molar-refractivity contribution in [3.63, 3.8) is 0 Å². The molecule has 0 atom stereocenters. The van der Waals surface area contributed by atoms with E-state index in [1.54, 1.807) is 4.90 Å². The van der Waals surface area contributed by atoms with E-state index in [0.29, 0.717) is 19.0 Å². The number of carbonyl (C=O) groups is 1. The summed E-state index contributed by atoms with van der Waals surface area (Å²) in [4.78, 5) is 23.2. The van der Waals surface area contributed by atoms with Crippen molar-refractivity contribution in [2.45, 2.75) is 31.9 Å². The lowest BCUT2D eigenvalue weighted by atomic mass is 10.1. The number of amides is 1. The van der Waals surface area contributed by atoms with Crippen LogP contribution in [0.3, 0.4) is 0 Å². The second-order valence-electron chi connectivity index (χ2n) is 6.88. The number of nitrogens with zero attached hydrogens (tertiary/aromatic N) is 6. The lowest BCUT2D eigenvalue weighted by Crippen LogP contribution is -2.52. The van der Waals surface area contributed by atoms with E-state index in [9.17, 15) is 18.0 Å². The van der Waals surface area contributed by atoms with E-state index < -0.39 is 11.9 Å². The molecule has 26 heavy (non-hydrogen) atoms. The third-order valence-electron chi connectivity index (χ3n) is 5.12. The summed E-state index contributed by atoms with van der Waals surface area (Å²) in [7, 11) is 0. The molecule has 0 radical (unpaired) electrons. The molecule has 2 aromatic rings. The fraction of sp³-hybridized carbons (Fsp3) is 0.625. The Morgan fingerprint density at radius 3 is 2.65 bits per heavy atom. The topological polar surface area (TPSA) is 66.6 Å². The summed E-state index contributed by atoms with van der Waals surface area (Å²) in [5.74, 6) is 0.538. The number of hydrogen-bond acceptors (Lipinski definition) is 5. The van der Waals surface area contributed by atoms with E-state index in [1.807, 2.05) is 4.90 Å². The van der Waals surface area contributed by atoms with Crippen LogP contribution in [0, 0.1) is 5.92 Å². The third-order valence-corrected chi connectivity index (χ3v) is 5.12. The summed E-state index contributed by atoms with van der Waals surface area (Å²) in [5, 5.41) is 3.95. The van der Waals surface area contributed by atoms with Crippen LogP contribution in [-0.4, -0.2) is 56.6 Å². The molecule has 140 valence electrons. The smallest absolute Gasteiger partial charge is 0.345 e. The molecule has 0 spiro atoms. The number of fused-ring (bicyclic) bond motifs is 1. The van der Waals surface area contributed by atoms with Crippen molar-refractivity contribution in [1.29, 1.82) is 0 Å². The van der Waals surface area contributed by atoms with Crippen molar-refractivity contribution in [2.24, 2.45) is 5.92 Å². The number of hydrogen-bond donors (Lipinski definition) is 0. The maximum atomic E-state index is 13.1. The normalized spacial score (nSPS) is 19.7. The standard InChI is InChI=1S/C16H19F3N6O/c17-16(18,19)12-7-13(25-15(22-12)20-10-21-25)23-5-6-24(14(26)9-23)8-11-3-1-2-4-11/h7,10-11H,1-6,8-9H2. The van der Waals surface area contributed by atoms with E-state index >= 15 is 0 Å². The Kier molecular flexibility index (Phi) is 4.20. The predicted molar refractivity (Wildman–Crippen MR) is 86.5 cm³/mol. The molecule has 0 bridgehead atoms. The molecule has 2 aliphatic rings. The van der Waals surface area contributed by atoms with E-state index in [2.05, 4.69) is 15.1 Å². The zero-order chi connectivity index (χ0) is 18.3. The van der Waals surface area contributed by atoms with Crippen LogP contribution in [-0.2, 0) is 11.0 Å². The maximum absolute atomic E-state index is 13.1. The summed E-state index contributed by atoms with van der Waals surface area (Å²) in [6, 6.07) is 0.932. The van der Waals surface area contributed by atoms with Gasteiger partial charge in [-0.2, -0.15) is 27.8 Å². The van der Waals surface area contributed by atoms with Gasteiger partial charge in [0.1, 0.15) is 12.1 Å². The summed E-state index contributed by atoms with van der Waals surface area (Å²) in [6.45, 7) is 1.72. The minimum Gasteiger partial charge on any atom is -0.345 e. The van der Waals surface area contributed by atoms with E-state index in [4.69, 9.17) is 0 Å². The first kappa shape index (κ1) is 17.0. The second-order valence-corrected chi connectivity index (χ2v) is 6.88. The summed E-state index contributed by atoms with van der Waals surface area (Å²) in [5.41, 5.74) is -1.03. The first-order valence-electron chi connectivity index (χ1n) is 8.72. The zero-order valence-corrected chi connectivity index (χ0v) is 14.1.